The van der Waals surface area contributed by atoms with E-state index in [0.29, 0.717) is 6.54 Å². The quantitative estimate of drug-likeness (QED) is 0.713. The fourth-order valence-electron chi connectivity index (χ4n) is 3.46. The van der Waals surface area contributed by atoms with Gasteiger partial charge in [-0.1, -0.05) is 6.07 Å². The first-order valence-electron chi connectivity index (χ1n) is 8.76. The summed E-state index contributed by atoms with van der Waals surface area (Å²) in [5.41, 5.74) is 4.23. The second kappa shape index (κ2) is 6.63. The number of anilines is 1. The van der Waals surface area contributed by atoms with Gasteiger partial charge in [-0.05, 0) is 29.7 Å². The third-order valence-corrected chi connectivity index (χ3v) is 5.69. The highest BCUT2D eigenvalue weighted by Gasteiger charge is 2.19. The molecule has 1 fully saturated rings. The SMILES string of the molecule is C1=NCC(c2nccc3c(-c4cccs4)cc(N4CCOCC4)nc23)=C1. The van der Waals surface area contributed by atoms with Crippen LogP contribution >= 0.6 is 11.3 Å². The summed E-state index contributed by atoms with van der Waals surface area (Å²) in [5, 5.41) is 3.26. The number of morpholine rings is 1. The average Bonchev–Trinajstić information content (AvgIpc) is 3.41. The molecule has 5 heterocycles. The van der Waals surface area contributed by atoms with Gasteiger partial charge in [-0.25, -0.2) is 4.98 Å². The molecule has 0 amide bonds. The van der Waals surface area contributed by atoms with Crippen LogP contribution in [0.15, 0.2) is 46.9 Å². The first-order chi connectivity index (χ1) is 12.9. The number of hydrogen-bond acceptors (Lipinski definition) is 6. The molecule has 0 spiro atoms. The van der Waals surface area contributed by atoms with Gasteiger partial charge in [0, 0.05) is 46.9 Å². The van der Waals surface area contributed by atoms with E-state index in [1.165, 1.54) is 10.4 Å². The van der Waals surface area contributed by atoms with E-state index in [4.69, 9.17) is 9.72 Å². The molecule has 1 saturated heterocycles. The second-order valence-corrected chi connectivity index (χ2v) is 7.29. The van der Waals surface area contributed by atoms with Crippen LogP contribution in [0.2, 0.25) is 0 Å². The van der Waals surface area contributed by atoms with Gasteiger partial charge in [0.1, 0.15) is 5.82 Å². The molecule has 2 aliphatic heterocycles. The Labute approximate surface area is 155 Å². The number of nitrogens with zero attached hydrogens (tertiary/aromatic N) is 4. The summed E-state index contributed by atoms with van der Waals surface area (Å²) in [6.07, 6.45) is 5.77. The number of ether oxygens (including phenoxy) is 1. The van der Waals surface area contributed by atoms with Crippen molar-refractivity contribution in [3.05, 3.63) is 47.6 Å². The summed E-state index contributed by atoms with van der Waals surface area (Å²) in [4.78, 5) is 17.6. The number of rotatable bonds is 3. The number of thiophene rings is 1. The molecule has 0 atom stereocenters. The number of hydrogen-bond donors (Lipinski definition) is 0. The van der Waals surface area contributed by atoms with Crippen LogP contribution in [-0.2, 0) is 4.74 Å². The van der Waals surface area contributed by atoms with E-state index in [0.717, 1.165) is 54.3 Å². The Balaban J connectivity index is 1.74. The first-order valence-corrected chi connectivity index (χ1v) is 9.64. The maximum atomic E-state index is 5.51. The normalized spacial score (nSPS) is 17.1. The zero-order valence-electron chi connectivity index (χ0n) is 14.3. The molecule has 3 aromatic heterocycles. The third-order valence-electron chi connectivity index (χ3n) is 4.78. The smallest absolute Gasteiger partial charge is 0.130 e. The van der Waals surface area contributed by atoms with Crippen molar-refractivity contribution >= 4 is 39.8 Å². The molecule has 0 saturated carbocycles. The van der Waals surface area contributed by atoms with Crippen LogP contribution in [0.5, 0.6) is 0 Å². The molecular formula is C20H18N4OS. The largest absolute Gasteiger partial charge is 0.378 e. The average molecular weight is 362 g/mol. The fourth-order valence-corrected chi connectivity index (χ4v) is 4.22. The molecule has 5 nitrogen and oxygen atoms in total. The molecule has 0 aromatic carbocycles. The topological polar surface area (TPSA) is 50.6 Å². The Kier molecular flexibility index (Phi) is 3.99. The maximum Gasteiger partial charge on any atom is 0.130 e. The minimum Gasteiger partial charge on any atom is -0.378 e. The van der Waals surface area contributed by atoms with Gasteiger partial charge in [0.15, 0.2) is 0 Å². The molecule has 0 bridgehead atoms. The molecule has 0 aliphatic carbocycles. The van der Waals surface area contributed by atoms with E-state index in [-0.39, 0.29) is 0 Å². The lowest BCUT2D eigenvalue weighted by atomic mass is 10.0. The molecule has 3 aromatic rings. The summed E-state index contributed by atoms with van der Waals surface area (Å²) >= 11 is 1.75. The standard InChI is InChI=1S/C20H18N4OS/c1-2-17(26-11-1)16-12-18(24-7-9-25-10-8-24)23-20-15(16)4-6-22-19(20)14-3-5-21-13-14/h1-6,11-12H,7-10,13H2. The van der Waals surface area contributed by atoms with E-state index in [2.05, 4.69) is 44.5 Å². The molecule has 0 unspecified atom stereocenters. The minimum atomic E-state index is 0.671. The highest BCUT2D eigenvalue weighted by Crippen LogP contribution is 2.36. The van der Waals surface area contributed by atoms with Crippen molar-refractivity contribution in [1.82, 2.24) is 9.97 Å². The molecule has 0 radical (unpaired) electrons. The Morgan fingerprint density at radius 3 is 2.85 bits per heavy atom. The van der Waals surface area contributed by atoms with Gasteiger partial charge in [0.25, 0.3) is 0 Å². The van der Waals surface area contributed by atoms with Crippen molar-refractivity contribution < 1.29 is 4.74 Å². The van der Waals surface area contributed by atoms with Crippen LogP contribution in [0.4, 0.5) is 5.82 Å². The lowest BCUT2D eigenvalue weighted by molar-refractivity contribution is 0.122. The lowest BCUT2D eigenvalue weighted by Crippen LogP contribution is -2.36. The van der Waals surface area contributed by atoms with Crippen molar-refractivity contribution in [2.45, 2.75) is 0 Å². The zero-order chi connectivity index (χ0) is 17.3. The van der Waals surface area contributed by atoms with Gasteiger partial charge >= 0.3 is 0 Å². The number of aromatic nitrogens is 2. The molecule has 0 N–H and O–H groups in total. The van der Waals surface area contributed by atoms with Gasteiger partial charge in [-0.15, -0.1) is 11.3 Å². The molecule has 26 heavy (non-hydrogen) atoms. The van der Waals surface area contributed by atoms with Crippen molar-refractivity contribution in [3.63, 3.8) is 0 Å². The van der Waals surface area contributed by atoms with Crippen molar-refractivity contribution in [2.24, 2.45) is 4.99 Å². The monoisotopic (exact) mass is 362 g/mol. The highest BCUT2D eigenvalue weighted by atomic mass is 32.1. The third kappa shape index (κ3) is 2.71. The summed E-state index contributed by atoms with van der Waals surface area (Å²) in [7, 11) is 0. The van der Waals surface area contributed by atoms with Crippen LogP contribution in [0.25, 0.3) is 26.9 Å². The summed E-state index contributed by atoms with van der Waals surface area (Å²) in [6, 6.07) is 8.54. The number of aliphatic imine (C=N–C) groups is 1. The Bertz CT molecular complexity index is 1000. The van der Waals surface area contributed by atoms with Crippen molar-refractivity contribution in [2.75, 3.05) is 37.7 Å². The Morgan fingerprint density at radius 1 is 1.15 bits per heavy atom. The first kappa shape index (κ1) is 15.7. The summed E-state index contributed by atoms with van der Waals surface area (Å²) in [6.45, 7) is 3.89. The van der Waals surface area contributed by atoms with Crippen LogP contribution in [0.1, 0.15) is 5.69 Å². The Hall–Kier alpha value is -2.57. The second-order valence-electron chi connectivity index (χ2n) is 6.34. The zero-order valence-corrected chi connectivity index (χ0v) is 15.1. The van der Waals surface area contributed by atoms with E-state index in [1.54, 1.807) is 11.3 Å². The molecule has 5 rings (SSSR count). The minimum absolute atomic E-state index is 0.671. The van der Waals surface area contributed by atoms with Gasteiger partial charge in [0.05, 0.1) is 31.0 Å². The van der Waals surface area contributed by atoms with E-state index < -0.39 is 0 Å². The van der Waals surface area contributed by atoms with Crippen molar-refractivity contribution in [3.8, 4) is 10.4 Å². The van der Waals surface area contributed by atoms with Crippen LogP contribution in [-0.4, -0.2) is 49.0 Å². The predicted molar refractivity (Wildman–Crippen MR) is 107 cm³/mol. The van der Waals surface area contributed by atoms with E-state index in [9.17, 15) is 0 Å². The number of allylic oxidation sites excluding steroid dienone is 1. The molecule has 130 valence electrons. The fraction of sp³-hybridized carbons (Fsp3) is 0.250. The van der Waals surface area contributed by atoms with Crippen LogP contribution < -0.4 is 4.90 Å². The van der Waals surface area contributed by atoms with Crippen LogP contribution in [0.3, 0.4) is 0 Å². The Morgan fingerprint density at radius 2 is 2.08 bits per heavy atom. The summed E-state index contributed by atoms with van der Waals surface area (Å²) in [5.74, 6) is 0.998. The lowest BCUT2D eigenvalue weighted by Gasteiger charge is -2.28. The van der Waals surface area contributed by atoms with Gasteiger partial charge in [-0.3, -0.25) is 9.98 Å². The molecule has 2 aliphatic rings. The van der Waals surface area contributed by atoms with Gasteiger partial charge in [0.2, 0.25) is 0 Å². The number of pyridine rings is 2. The van der Waals surface area contributed by atoms with E-state index >= 15 is 0 Å². The van der Waals surface area contributed by atoms with E-state index in [1.807, 2.05) is 18.5 Å². The predicted octanol–water partition coefficient (Wildman–Crippen LogP) is 3.66. The molecular weight excluding hydrogens is 344 g/mol. The van der Waals surface area contributed by atoms with Gasteiger partial charge < -0.3 is 9.64 Å². The van der Waals surface area contributed by atoms with Gasteiger partial charge in [-0.2, -0.15) is 0 Å². The maximum absolute atomic E-state index is 5.51. The summed E-state index contributed by atoms with van der Waals surface area (Å²) < 4.78 is 5.51. The van der Waals surface area contributed by atoms with Crippen molar-refractivity contribution in [1.29, 1.82) is 0 Å². The highest BCUT2D eigenvalue weighted by molar-refractivity contribution is 7.13. The number of fused-ring (bicyclic) bond motifs is 1. The van der Waals surface area contributed by atoms with Crippen LogP contribution in [0, 0.1) is 0 Å². The molecule has 6 heteroatoms.